The largest absolute Gasteiger partial charge is 0.484 e. The number of rotatable bonds is 7. The summed E-state index contributed by atoms with van der Waals surface area (Å²) in [5, 5.41) is 15.2. The zero-order chi connectivity index (χ0) is 18.4. The second kappa shape index (κ2) is 9.00. The number of nitrogens with one attached hydrogen (secondary N) is 1. The quantitative estimate of drug-likeness (QED) is 0.747. The van der Waals surface area contributed by atoms with E-state index in [2.05, 4.69) is 10.4 Å². The van der Waals surface area contributed by atoms with E-state index >= 15 is 0 Å². The van der Waals surface area contributed by atoms with Gasteiger partial charge in [0.2, 0.25) is 0 Å². The van der Waals surface area contributed by atoms with Crippen LogP contribution in [0.2, 0.25) is 0 Å². The second-order valence-electron chi connectivity index (χ2n) is 5.63. The molecule has 2 N–H and O–H groups in total. The highest BCUT2D eigenvalue weighted by atomic mass is 32.2. The molecule has 1 aromatic heterocycles. The number of hydrogen-bond donors (Lipinski definition) is 2. The first kappa shape index (κ1) is 18.7. The first-order valence-electron chi connectivity index (χ1n) is 8.11. The van der Waals surface area contributed by atoms with Gasteiger partial charge in [0.15, 0.2) is 12.4 Å². The molecule has 2 heterocycles. The Kier molecular flexibility index (Phi) is 6.45. The van der Waals surface area contributed by atoms with Crippen LogP contribution < -0.4 is 10.1 Å². The third-order valence-electron chi connectivity index (χ3n) is 3.55. The van der Waals surface area contributed by atoms with Gasteiger partial charge in [-0.15, -0.1) is 23.5 Å². The van der Waals surface area contributed by atoms with Crippen LogP contribution in [-0.4, -0.2) is 44.9 Å². The predicted octanol–water partition coefficient (Wildman–Crippen LogP) is 2.85. The van der Waals surface area contributed by atoms with Gasteiger partial charge < -0.3 is 15.2 Å². The van der Waals surface area contributed by atoms with Gasteiger partial charge in [0.25, 0.3) is 5.91 Å². The number of ether oxygens (including phenoxy) is 1. The number of carboxylic acids is 1. The Morgan fingerprint density at radius 3 is 2.65 bits per heavy atom. The van der Waals surface area contributed by atoms with Gasteiger partial charge in [-0.25, -0.2) is 0 Å². The van der Waals surface area contributed by atoms with Crippen molar-refractivity contribution in [1.82, 2.24) is 9.78 Å². The number of amides is 1. The van der Waals surface area contributed by atoms with Crippen LogP contribution in [0.25, 0.3) is 0 Å². The van der Waals surface area contributed by atoms with E-state index in [9.17, 15) is 9.59 Å². The Hall–Kier alpha value is -2.13. The maximum absolute atomic E-state index is 11.9. The van der Waals surface area contributed by atoms with Crippen molar-refractivity contribution in [2.75, 3.05) is 23.4 Å². The average Bonchev–Trinajstić information content (AvgIpc) is 3.07. The minimum absolute atomic E-state index is 0.141. The SMILES string of the molecule is O=C(O)Cn1ccc(NC(=O)COc2ccc(C3SCCCS3)cc2)n1. The number of carbonyl (C=O) groups is 2. The van der Waals surface area contributed by atoms with Gasteiger partial charge in [0.1, 0.15) is 12.3 Å². The van der Waals surface area contributed by atoms with Crippen molar-refractivity contribution in [3.63, 3.8) is 0 Å². The van der Waals surface area contributed by atoms with E-state index in [1.165, 1.54) is 40.4 Å². The fourth-order valence-corrected chi connectivity index (χ4v) is 5.28. The van der Waals surface area contributed by atoms with Crippen LogP contribution in [0, 0.1) is 0 Å². The number of anilines is 1. The van der Waals surface area contributed by atoms with Crippen LogP contribution in [0.3, 0.4) is 0 Å². The Labute approximate surface area is 159 Å². The summed E-state index contributed by atoms with van der Waals surface area (Å²) >= 11 is 3.92. The summed E-state index contributed by atoms with van der Waals surface area (Å²) in [5.41, 5.74) is 1.26. The Morgan fingerprint density at radius 2 is 1.96 bits per heavy atom. The number of nitrogens with zero attached hydrogens (tertiary/aromatic N) is 2. The van der Waals surface area contributed by atoms with Crippen LogP contribution in [0.4, 0.5) is 5.82 Å². The topological polar surface area (TPSA) is 93.5 Å². The normalized spacial score (nSPS) is 14.8. The van der Waals surface area contributed by atoms with Crippen molar-refractivity contribution in [1.29, 1.82) is 0 Å². The minimum atomic E-state index is -0.997. The molecule has 0 spiro atoms. The number of carboxylic acid groups (broad SMARTS) is 1. The maximum atomic E-state index is 11.9. The highest BCUT2D eigenvalue weighted by Gasteiger charge is 2.16. The molecule has 0 bridgehead atoms. The highest BCUT2D eigenvalue weighted by molar-refractivity contribution is 8.16. The molecule has 0 unspecified atom stereocenters. The van der Waals surface area contributed by atoms with E-state index < -0.39 is 5.97 Å². The summed E-state index contributed by atoms with van der Waals surface area (Å²) in [7, 11) is 0. The molecule has 0 radical (unpaired) electrons. The van der Waals surface area contributed by atoms with Crippen molar-refractivity contribution >= 4 is 41.2 Å². The Balaban J connectivity index is 1.46. The fourth-order valence-electron chi connectivity index (χ4n) is 2.38. The molecule has 0 atom stereocenters. The zero-order valence-electron chi connectivity index (χ0n) is 14.0. The van der Waals surface area contributed by atoms with Crippen molar-refractivity contribution < 1.29 is 19.4 Å². The number of carbonyl (C=O) groups excluding carboxylic acids is 1. The summed E-state index contributed by atoms with van der Waals surface area (Å²) in [6.45, 7) is -0.394. The van der Waals surface area contributed by atoms with E-state index in [1.54, 1.807) is 0 Å². The highest BCUT2D eigenvalue weighted by Crippen LogP contribution is 2.43. The van der Waals surface area contributed by atoms with Crippen LogP contribution in [0.1, 0.15) is 16.6 Å². The van der Waals surface area contributed by atoms with Gasteiger partial charge in [-0.05, 0) is 35.6 Å². The molecule has 1 saturated heterocycles. The molecule has 0 saturated carbocycles. The zero-order valence-corrected chi connectivity index (χ0v) is 15.6. The molecule has 26 heavy (non-hydrogen) atoms. The molecule has 1 fully saturated rings. The van der Waals surface area contributed by atoms with E-state index in [0.29, 0.717) is 16.1 Å². The van der Waals surface area contributed by atoms with E-state index in [1.807, 2.05) is 47.8 Å². The molecule has 0 aliphatic carbocycles. The van der Waals surface area contributed by atoms with E-state index in [-0.39, 0.29) is 19.1 Å². The van der Waals surface area contributed by atoms with Gasteiger partial charge in [-0.2, -0.15) is 5.10 Å². The van der Waals surface area contributed by atoms with Crippen molar-refractivity contribution in [3.8, 4) is 5.75 Å². The molecule has 2 aromatic rings. The molecular weight excluding hydrogens is 374 g/mol. The minimum Gasteiger partial charge on any atom is -0.484 e. The molecular formula is C17H19N3O4S2. The first-order chi connectivity index (χ1) is 12.6. The fraction of sp³-hybridized carbons (Fsp3) is 0.353. The first-order valence-corrected chi connectivity index (χ1v) is 10.2. The molecule has 7 nitrogen and oxygen atoms in total. The van der Waals surface area contributed by atoms with E-state index in [0.717, 1.165) is 0 Å². The summed E-state index contributed by atoms with van der Waals surface area (Å²) in [4.78, 5) is 22.5. The average molecular weight is 393 g/mol. The lowest BCUT2D eigenvalue weighted by molar-refractivity contribution is -0.137. The smallest absolute Gasteiger partial charge is 0.325 e. The Bertz CT molecular complexity index is 758. The third kappa shape index (κ3) is 5.43. The summed E-state index contributed by atoms with van der Waals surface area (Å²) in [5.74, 6) is 1.96. The number of hydrogen-bond acceptors (Lipinski definition) is 6. The molecule has 9 heteroatoms. The number of aromatic nitrogens is 2. The van der Waals surface area contributed by atoms with Crippen LogP contribution >= 0.6 is 23.5 Å². The van der Waals surface area contributed by atoms with Crippen molar-refractivity contribution in [2.24, 2.45) is 0 Å². The monoisotopic (exact) mass is 393 g/mol. The second-order valence-corrected chi connectivity index (χ2v) is 8.35. The number of thioether (sulfide) groups is 2. The van der Waals surface area contributed by atoms with Gasteiger partial charge in [-0.3, -0.25) is 14.3 Å². The Morgan fingerprint density at radius 1 is 1.23 bits per heavy atom. The maximum Gasteiger partial charge on any atom is 0.325 e. The van der Waals surface area contributed by atoms with Crippen LogP contribution in [0.15, 0.2) is 36.5 Å². The summed E-state index contributed by atoms with van der Waals surface area (Å²) in [6, 6.07) is 9.36. The molecule has 1 aliphatic rings. The van der Waals surface area contributed by atoms with Crippen molar-refractivity contribution in [2.45, 2.75) is 17.5 Å². The molecule has 1 aliphatic heterocycles. The lowest BCUT2D eigenvalue weighted by Gasteiger charge is -2.21. The molecule has 1 aromatic carbocycles. The van der Waals surface area contributed by atoms with Gasteiger partial charge in [0.05, 0.1) is 4.58 Å². The molecule has 3 rings (SSSR count). The van der Waals surface area contributed by atoms with Crippen molar-refractivity contribution in [3.05, 3.63) is 42.1 Å². The van der Waals surface area contributed by atoms with Gasteiger partial charge in [-0.1, -0.05) is 12.1 Å². The number of benzene rings is 1. The van der Waals surface area contributed by atoms with Crippen LogP contribution in [-0.2, 0) is 16.1 Å². The predicted molar refractivity (Wildman–Crippen MR) is 103 cm³/mol. The number of aliphatic carboxylic acids is 1. The molecule has 1 amide bonds. The summed E-state index contributed by atoms with van der Waals surface area (Å²) in [6.07, 6.45) is 2.75. The van der Waals surface area contributed by atoms with Crippen LogP contribution in [0.5, 0.6) is 5.75 Å². The van der Waals surface area contributed by atoms with E-state index in [4.69, 9.17) is 9.84 Å². The lowest BCUT2D eigenvalue weighted by Crippen LogP contribution is -2.20. The van der Waals surface area contributed by atoms with Gasteiger partial charge >= 0.3 is 5.97 Å². The van der Waals surface area contributed by atoms with Gasteiger partial charge in [0, 0.05) is 12.3 Å². The lowest BCUT2D eigenvalue weighted by atomic mass is 10.2. The summed E-state index contributed by atoms with van der Waals surface area (Å²) < 4.78 is 7.21. The standard InChI is InChI=1S/C17H19N3O4S2/c21-15(18-14-6-7-20(19-14)10-16(22)23)11-24-13-4-2-12(3-5-13)17-25-8-1-9-26-17/h2-7,17H,1,8-11H2,(H,22,23)(H,18,19,21). The molecule has 138 valence electrons. The third-order valence-corrected chi connectivity index (χ3v) is 6.57.